The fraction of sp³-hybridized carbons (Fsp3) is 0.647. The molecule has 1 fully saturated rings. The molecule has 1 unspecified atom stereocenters. The number of hydrogen-bond acceptors (Lipinski definition) is 5. The molecule has 0 radical (unpaired) electrons. The number of aromatic nitrogens is 2. The Morgan fingerprint density at radius 2 is 2.09 bits per heavy atom. The van der Waals surface area contributed by atoms with Gasteiger partial charge in [0.1, 0.15) is 5.76 Å². The number of thiazole rings is 1. The molecule has 2 aromatic rings. The second kappa shape index (κ2) is 6.13. The zero-order chi connectivity index (χ0) is 15.9. The number of oxazole rings is 1. The Balaban J connectivity index is 1.68. The minimum Gasteiger partial charge on any atom is -0.444 e. The Morgan fingerprint density at radius 1 is 1.36 bits per heavy atom. The van der Waals surface area contributed by atoms with E-state index >= 15 is 0 Å². The molecule has 0 aromatic carbocycles. The first-order valence-corrected chi connectivity index (χ1v) is 8.89. The monoisotopic (exact) mass is 319 g/mol. The van der Waals surface area contributed by atoms with Crippen LogP contribution in [0.3, 0.4) is 0 Å². The number of nitrogens with zero attached hydrogens (tertiary/aromatic N) is 3. The highest BCUT2D eigenvalue weighted by molar-refractivity contribution is 7.11. The van der Waals surface area contributed by atoms with Crippen molar-refractivity contribution in [2.75, 3.05) is 7.05 Å². The summed E-state index contributed by atoms with van der Waals surface area (Å²) in [6.45, 7) is 9.47. The van der Waals surface area contributed by atoms with Crippen molar-refractivity contribution in [1.29, 1.82) is 0 Å². The van der Waals surface area contributed by atoms with Crippen molar-refractivity contribution in [1.82, 2.24) is 14.9 Å². The SMILES string of the molecule is Cc1nc(C(C)C)sc1C(C)N(C)Cc1ncc(C2CC2)o1. The smallest absolute Gasteiger partial charge is 0.208 e. The van der Waals surface area contributed by atoms with E-state index in [9.17, 15) is 0 Å². The molecule has 0 N–H and O–H groups in total. The summed E-state index contributed by atoms with van der Waals surface area (Å²) < 4.78 is 5.87. The zero-order valence-corrected chi connectivity index (χ0v) is 14.9. The second-order valence-corrected chi connectivity index (χ2v) is 7.74. The van der Waals surface area contributed by atoms with Crippen LogP contribution in [0.15, 0.2) is 10.6 Å². The van der Waals surface area contributed by atoms with Crippen LogP contribution < -0.4 is 0 Å². The molecule has 2 aromatic heterocycles. The maximum Gasteiger partial charge on any atom is 0.208 e. The third-order valence-electron chi connectivity index (χ3n) is 4.32. The van der Waals surface area contributed by atoms with Crippen LogP contribution in [0.2, 0.25) is 0 Å². The van der Waals surface area contributed by atoms with Crippen molar-refractivity contribution in [2.45, 2.75) is 65.0 Å². The average Bonchev–Trinajstić information content (AvgIpc) is 3.09. The molecule has 0 bridgehead atoms. The molecule has 1 atom stereocenters. The van der Waals surface area contributed by atoms with Gasteiger partial charge in [-0.3, -0.25) is 4.90 Å². The summed E-state index contributed by atoms with van der Waals surface area (Å²) in [6.07, 6.45) is 4.40. The summed E-state index contributed by atoms with van der Waals surface area (Å²) in [7, 11) is 2.12. The van der Waals surface area contributed by atoms with E-state index in [1.54, 1.807) is 0 Å². The molecular formula is C17H25N3OS. The van der Waals surface area contributed by atoms with Crippen molar-refractivity contribution in [2.24, 2.45) is 0 Å². The van der Waals surface area contributed by atoms with Crippen molar-refractivity contribution >= 4 is 11.3 Å². The predicted molar refractivity (Wildman–Crippen MR) is 89.3 cm³/mol. The summed E-state index contributed by atoms with van der Waals surface area (Å²) in [6, 6.07) is 0.321. The topological polar surface area (TPSA) is 42.2 Å². The maximum absolute atomic E-state index is 5.87. The predicted octanol–water partition coefficient (Wildman–Crippen LogP) is 4.63. The Hall–Kier alpha value is -1.20. The molecule has 1 aliphatic rings. The Bertz CT molecular complexity index is 642. The van der Waals surface area contributed by atoms with Crippen LogP contribution in [0, 0.1) is 6.92 Å². The molecule has 4 nitrogen and oxygen atoms in total. The standard InChI is InChI=1S/C17H25N3OS/c1-10(2)17-19-11(3)16(22-17)12(4)20(5)9-15-18-8-14(21-15)13-6-7-13/h8,10,12-13H,6-7,9H2,1-5H3. The molecule has 120 valence electrons. The molecule has 5 heteroatoms. The third kappa shape index (κ3) is 3.25. The van der Waals surface area contributed by atoms with Gasteiger partial charge in [0.15, 0.2) is 0 Å². The number of hydrogen-bond donors (Lipinski definition) is 0. The molecule has 1 aliphatic carbocycles. The van der Waals surface area contributed by atoms with Crippen molar-refractivity contribution < 1.29 is 4.42 Å². The lowest BCUT2D eigenvalue weighted by molar-refractivity contribution is 0.227. The van der Waals surface area contributed by atoms with E-state index in [0.717, 1.165) is 23.9 Å². The summed E-state index contributed by atoms with van der Waals surface area (Å²) in [5.41, 5.74) is 1.15. The zero-order valence-electron chi connectivity index (χ0n) is 14.1. The van der Waals surface area contributed by atoms with Gasteiger partial charge in [-0.15, -0.1) is 11.3 Å². The van der Waals surface area contributed by atoms with Gasteiger partial charge in [0.2, 0.25) is 5.89 Å². The van der Waals surface area contributed by atoms with E-state index in [1.165, 1.54) is 22.7 Å². The van der Waals surface area contributed by atoms with Gasteiger partial charge in [0.05, 0.1) is 23.4 Å². The summed E-state index contributed by atoms with van der Waals surface area (Å²) in [4.78, 5) is 12.8. The minimum absolute atomic E-state index is 0.321. The van der Waals surface area contributed by atoms with E-state index in [1.807, 2.05) is 17.5 Å². The number of rotatable bonds is 6. The highest BCUT2D eigenvalue weighted by Crippen LogP contribution is 2.40. The van der Waals surface area contributed by atoms with Crippen LogP contribution in [0.4, 0.5) is 0 Å². The molecule has 0 spiro atoms. The number of aryl methyl sites for hydroxylation is 1. The van der Waals surface area contributed by atoms with Crippen LogP contribution in [0.25, 0.3) is 0 Å². The van der Waals surface area contributed by atoms with E-state index in [2.05, 4.69) is 44.6 Å². The van der Waals surface area contributed by atoms with E-state index in [-0.39, 0.29) is 0 Å². The first kappa shape index (κ1) is 15.7. The molecule has 0 amide bonds. The molecule has 1 saturated carbocycles. The maximum atomic E-state index is 5.87. The molecule has 0 aliphatic heterocycles. The van der Waals surface area contributed by atoms with E-state index < -0.39 is 0 Å². The lowest BCUT2D eigenvalue weighted by Crippen LogP contribution is -2.22. The van der Waals surface area contributed by atoms with E-state index in [4.69, 9.17) is 9.40 Å². The fourth-order valence-electron chi connectivity index (χ4n) is 2.57. The first-order valence-electron chi connectivity index (χ1n) is 8.07. The van der Waals surface area contributed by atoms with Crippen LogP contribution >= 0.6 is 11.3 Å². The first-order chi connectivity index (χ1) is 10.5. The van der Waals surface area contributed by atoms with Crippen LogP contribution in [0.1, 0.15) is 78.7 Å². The molecule has 0 saturated heterocycles. The molecule has 22 heavy (non-hydrogen) atoms. The van der Waals surface area contributed by atoms with Gasteiger partial charge >= 0.3 is 0 Å². The van der Waals surface area contributed by atoms with Gasteiger partial charge in [0, 0.05) is 22.8 Å². The van der Waals surface area contributed by atoms with Crippen molar-refractivity contribution in [3.05, 3.63) is 33.4 Å². The van der Waals surface area contributed by atoms with Gasteiger partial charge in [0.25, 0.3) is 0 Å². The Kier molecular flexibility index (Phi) is 4.37. The fourth-order valence-corrected chi connectivity index (χ4v) is 3.76. The van der Waals surface area contributed by atoms with Gasteiger partial charge in [-0.2, -0.15) is 0 Å². The van der Waals surface area contributed by atoms with Gasteiger partial charge in [-0.1, -0.05) is 13.8 Å². The molecule has 3 rings (SSSR count). The van der Waals surface area contributed by atoms with Crippen LogP contribution in [-0.2, 0) is 6.54 Å². The summed E-state index contributed by atoms with van der Waals surface area (Å²) in [5, 5.41) is 1.22. The van der Waals surface area contributed by atoms with Crippen LogP contribution in [-0.4, -0.2) is 21.9 Å². The Labute approximate surface area is 136 Å². The quantitative estimate of drug-likeness (QED) is 0.778. The average molecular weight is 319 g/mol. The highest BCUT2D eigenvalue weighted by Gasteiger charge is 2.28. The highest BCUT2D eigenvalue weighted by atomic mass is 32.1. The normalized spacial score (nSPS) is 16.7. The second-order valence-electron chi connectivity index (χ2n) is 6.68. The summed E-state index contributed by atoms with van der Waals surface area (Å²) >= 11 is 1.83. The van der Waals surface area contributed by atoms with Gasteiger partial charge in [-0.25, -0.2) is 9.97 Å². The van der Waals surface area contributed by atoms with Crippen LogP contribution in [0.5, 0.6) is 0 Å². The van der Waals surface area contributed by atoms with E-state index in [0.29, 0.717) is 17.9 Å². The lowest BCUT2D eigenvalue weighted by Gasteiger charge is -2.22. The van der Waals surface area contributed by atoms with Gasteiger partial charge < -0.3 is 4.42 Å². The largest absolute Gasteiger partial charge is 0.444 e. The van der Waals surface area contributed by atoms with Gasteiger partial charge in [-0.05, 0) is 33.7 Å². The summed E-state index contributed by atoms with van der Waals surface area (Å²) in [5.74, 6) is 3.00. The van der Waals surface area contributed by atoms with Crippen molar-refractivity contribution in [3.8, 4) is 0 Å². The molecule has 2 heterocycles. The van der Waals surface area contributed by atoms with Crippen molar-refractivity contribution in [3.63, 3.8) is 0 Å². The lowest BCUT2D eigenvalue weighted by atomic mass is 10.2. The minimum atomic E-state index is 0.321. The third-order valence-corrected chi connectivity index (χ3v) is 5.95. The Morgan fingerprint density at radius 3 is 2.68 bits per heavy atom. The molecular weight excluding hydrogens is 294 g/mol.